The van der Waals surface area contributed by atoms with Crippen molar-refractivity contribution >= 4 is 13.3 Å². The minimum atomic E-state index is -3.01. The van der Waals surface area contributed by atoms with Gasteiger partial charge in [-0.3, -0.25) is 4.57 Å². The maximum absolute atomic E-state index is 12.4. The van der Waals surface area contributed by atoms with Crippen LogP contribution in [0.25, 0.3) is 0 Å². The molecule has 0 amide bonds. The molecule has 28 heavy (non-hydrogen) atoms. The monoisotopic (exact) mass is 413 g/mol. The molecule has 0 radical (unpaired) electrons. The van der Waals surface area contributed by atoms with E-state index in [2.05, 4.69) is 11.5 Å². The molecule has 1 N–H and O–H groups in total. The van der Waals surface area contributed by atoms with Gasteiger partial charge in [-0.2, -0.15) is 0 Å². The molecule has 160 valence electrons. The van der Waals surface area contributed by atoms with E-state index in [9.17, 15) is 9.67 Å². The van der Waals surface area contributed by atoms with E-state index in [1.807, 2.05) is 38.1 Å². The van der Waals surface area contributed by atoms with Crippen molar-refractivity contribution in [1.82, 2.24) is 0 Å². The van der Waals surface area contributed by atoms with Crippen LogP contribution in [0.5, 0.6) is 5.75 Å². The Morgan fingerprint density at radius 3 is 2.43 bits per heavy atom. The van der Waals surface area contributed by atoms with Gasteiger partial charge in [0.1, 0.15) is 5.75 Å². The van der Waals surface area contributed by atoms with E-state index in [0.29, 0.717) is 38.8 Å². The Labute approximate surface area is 170 Å². The van der Waals surface area contributed by atoms with Crippen molar-refractivity contribution in [2.45, 2.75) is 52.2 Å². The Kier molecular flexibility index (Phi) is 10.3. The summed E-state index contributed by atoms with van der Waals surface area (Å²) in [7, 11) is -1.38. The molecule has 1 unspecified atom stereocenters. The Morgan fingerprint density at radius 1 is 1.29 bits per heavy atom. The second-order valence-electron chi connectivity index (χ2n) is 6.95. The lowest BCUT2D eigenvalue weighted by molar-refractivity contribution is 0.0381. The van der Waals surface area contributed by atoms with Crippen LogP contribution in [0, 0.1) is 0 Å². The summed E-state index contributed by atoms with van der Waals surface area (Å²) in [5, 5.41) is 10.9. The largest absolute Gasteiger partial charge is 0.497 e. The fourth-order valence-electron chi connectivity index (χ4n) is 2.97. The van der Waals surface area contributed by atoms with Gasteiger partial charge in [0.2, 0.25) is 0 Å². The highest BCUT2D eigenvalue weighted by Gasteiger charge is 2.32. The topological polar surface area (TPSA) is 68.2 Å². The summed E-state index contributed by atoms with van der Waals surface area (Å²) in [4.78, 5) is 2.13. The third-order valence-corrected chi connectivity index (χ3v) is 6.88. The molecule has 7 heteroatoms. The highest BCUT2D eigenvalue weighted by molar-refractivity contribution is 7.53. The number of ether oxygens (including phenoxy) is 1. The van der Waals surface area contributed by atoms with Crippen LogP contribution < -0.4 is 9.64 Å². The van der Waals surface area contributed by atoms with E-state index in [0.717, 1.165) is 11.4 Å². The second-order valence-corrected chi connectivity index (χ2v) is 9.32. The van der Waals surface area contributed by atoms with Crippen LogP contribution >= 0.6 is 7.60 Å². The third-order valence-electron chi connectivity index (χ3n) is 4.87. The van der Waals surface area contributed by atoms with Gasteiger partial charge in [0.15, 0.2) is 0 Å². The highest BCUT2D eigenvalue weighted by Crippen LogP contribution is 2.47. The fourth-order valence-corrected chi connectivity index (χ4v) is 4.21. The SMILES string of the molecule is C=CC[C@](C)(O)[C@@H](C)N(CCCOP(=O)(CC)OCC)c1ccc(OC)cc1. The Bertz CT molecular complexity index is 632. The van der Waals surface area contributed by atoms with Crippen LogP contribution in [0.15, 0.2) is 36.9 Å². The first-order valence-electron chi connectivity index (χ1n) is 9.85. The summed E-state index contributed by atoms with van der Waals surface area (Å²) < 4.78 is 28.5. The Hall–Kier alpha value is -1.33. The molecule has 6 nitrogen and oxygen atoms in total. The lowest BCUT2D eigenvalue weighted by Crippen LogP contribution is -2.50. The van der Waals surface area contributed by atoms with Crippen molar-refractivity contribution in [1.29, 1.82) is 0 Å². The summed E-state index contributed by atoms with van der Waals surface area (Å²) >= 11 is 0. The van der Waals surface area contributed by atoms with Gasteiger partial charge in [-0.25, -0.2) is 0 Å². The predicted octanol–water partition coefficient (Wildman–Crippen LogP) is 4.87. The molecule has 1 aromatic carbocycles. The van der Waals surface area contributed by atoms with Crippen LogP contribution in [0.4, 0.5) is 5.69 Å². The minimum Gasteiger partial charge on any atom is -0.497 e. The zero-order valence-electron chi connectivity index (χ0n) is 17.9. The first-order chi connectivity index (χ1) is 13.2. The maximum Gasteiger partial charge on any atom is 0.330 e. The number of anilines is 1. The van der Waals surface area contributed by atoms with E-state index in [1.54, 1.807) is 27.0 Å². The zero-order chi connectivity index (χ0) is 21.2. The number of hydrogen-bond acceptors (Lipinski definition) is 6. The van der Waals surface area contributed by atoms with Gasteiger partial charge in [0.25, 0.3) is 0 Å². The lowest BCUT2D eigenvalue weighted by atomic mass is 9.92. The van der Waals surface area contributed by atoms with Gasteiger partial charge in [0.05, 0.1) is 32.0 Å². The third kappa shape index (κ3) is 7.25. The van der Waals surface area contributed by atoms with Crippen molar-refractivity contribution < 1.29 is 23.5 Å². The van der Waals surface area contributed by atoms with E-state index in [-0.39, 0.29) is 6.04 Å². The van der Waals surface area contributed by atoms with Gasteiger partial charge in [-0.05, 0) is 57.9 Å². The van der Waals surface area contributed by atoms with Gasteiger partial charge in [0, 0.05) is 18.4 Å². The second kappa shape index (κ2) is 11.6. The molecular weight excluding hydrogens is 377 g/mol. The number of rotatable bonds is 14. The van der Waals surface area contributed by atoms with Crippen molar-refractivity contribution in [3.8, 4) is 5.75 Å². The standard InChI is InChI=1S/C21H36NO5P/c1-7-15-21(5,23)18(4)22(19-11-13-20(25-6)14-12-19)16-10-17-27-28(24,9-3)26-8-2/h7,11-14,18,23H,1,8-10,15-17H2,2-6H3/t18-,21+,28?/m1/s1. The lowest BCUT2D eigenvalue weighted by Gasteiger charge is -2.40. The first-order valence-corrected chi connectivity index (χ1v) is 11.6. The maximum atomic E-state index is 12.4. The average Bonchev–Trinajstić information content (AvgIpc) is 2.68. The molecule has 3 atom stereocenters. The van der Waals surface area contributed by atoms with Crippen LogP contribution in [-0.4, -0.2) is 49.8 Å². The molecule has 0 aliphatic rings. The first kappa shape index (κ1) is 24.7. The molecule has 0 spiro atoms. The van der Waals surface area contributed by atoms with Crippen LogP contribution in [0.3, 0.4) is 0 Å². The van der Waals surface area contributed by atoms with E-state index >= 15 is 0 Å². The van der Waals surface area contributed by atoms with Crippen molar-refractivity contribution in [2.24, 2.45) is 0 Å². The highest BCUT2D eigenvalue weighted by atomic mass is 31.2. The molecule has 1 rings (SSSR count). The van der Waals surface area contributed by atoms with E-state index in [1.165, 1.54) is 0 Å². The predicted molar refractivity (Wildman–Crippen MR) is 116 cm³/mol. The molecule has 1 aromatic rings. The average molecular weight is 413 g/mol. The van der Waals surface area contributed by atoms with Crippen LogP contribution in [0.1, 0.15) is 40.5 Å². The van der Waals surface area contributed by atoms with Gasteiger partial charge >= 0.3 is 7.60 Å². The normalized spacial score (nSPS) is 16.6. The number of hydrogen-bond donors (Lipinski definition) is 1. The van der Waals surface area contributed by atoms with Gasteiger partial charge in [-0.1, -0.05) is 13.0 Å². The summed E-state index contributed by atoms with van der Waals surface area (Å²) in [6, 6.07) is 7.57. The summed E-state index contributed by atoms with van der Waals surface area (Å²) in [6.45, 7) is 12.5. The molecule has 0 aliphatic carbocycles. The summed E-state index contributed by atoms with van der Waals surface area (Å²) in [6.07, 6.45) is 3.21. The van der Waals surface area contributed by atoms with Crippen molar-refractivity contribution in [3.05, 3.63) is 36.9 Å². The number of benzene rings is 1. The molecule has 0 fully saturated rings. The van der Waals surface area contributed by atoms with E-state index < -0.39 is 13.2 Å². The molecule has 0 bridgehead atoms. The molecule has 0 heterocycles. The van der Waals surface area contributed by atoms with Gasteiger partial charge in [-0.15, -0.1) is 6.58 Å². The quantitative estimate of drug-likeness (QED) is 0.267. The van der Waals surface area contributed by atoms with Crippen LogP contribution in [-0.2, 0) is 13.6 Å². The number of nitrogens with zero attached hydrogens (tertiary/aromatic N) is 1. The van der Waals surface area contributed by atoms with Gasteiger partial charge < -0.3 is 23.8 Å². The minimum absolute atomic E-state index is 0.163. The Balaban J connectivity index is 2.89. The van der Waals surface area contributed by atoms with Crippen molar-refractivity contribution in [2.75, 3.05) is 37.9 Å². The molecular formula is C21H36NO5P. The molecule has 0 saturated heterocycles. The fraction of sp³-hybridized carbons (Fsp3) is 0.619. The number of aliphatic hydroxyl groups is 1. The number of methoxy groups -OCH3 is 1. The van der Waals surface area contributed by atoms with Crippen molar-refractivity contribution in [3.63, 3.8) is 0 Å². The smallest absolute Gasteiger partial charge is 0.330 e. The molecule has 0 aliphatic heterocycles. The van der Waals surface area contributed by atoms with Crippen LogP contribution in [0.2, 0.25) is 0 Å². The molecule has 0 saturated carbocycles. The van der Waals surface area contributed by atoms with E-state index in [4.69, 9.17) is 13.8 Å². The summed E-state index contributed by atoms with van der Waals surface area (Å²) in [5.41, 5.74) is 0.0353. The molecule has 0 aromatic heterocycles. The zero-order valence-corrected chi connectivity index (χ0v) is 18.8. The Morgan fingerprint density at radius 2 is 1.93 bits per heavy atom. The summed E-state index contributed by atoms with van der Waals surface area (Å²) in [5.74, 6) is 0.776.